The summed E-state index contributed by atoms with van der Waals surface area (Å²) in [5.41, 5.74) is 5.71. The Hall–Kier alpha value is -7.31. The van der Waals surface area contributed by atoms with Gasteiger partial charge in [-0.15, -0.1) is 0 Å². The SMILES string of the molecule is COc1ccc(C(=O)NC2CCC(=O)NC2=O)c2nc(C)n(CC(=O)N3CCN(CCn4c(C(=O)O)c(CCCOc5cccc6cc(F)ccc56)c5ccc(Cl)c(-c6c(C)nn(C)c6C)c54)CC3)c12. The van der Waals surface area contributed by atoms with Crippen molar-refractivity contribution in [2.75, 3.05) is 46.4 Å². The molecule has 0 aliphatic carbocycles. The predicted octanol–water partition coefficient (Wildman–Crippen LogP) is 6.36. The lowest BCUT2D eigenvalue weighted by Crippen LogP contribution is -2.52. The van der Waals surface area contributed by atoms with Crippen molar-refractivity contribution in [2.24, 2.45) is 7.05 Å². The molecule has 0 radical (unpaired) electrons. The van der Waals surface area contributed by atoms with Crippen LogP contribution in [-0.4, -0.2) is 121 Å². The van der Waals surface area contributed by atoms with Crippen molar-refractivity contribution in [3.05, 3.63) is 106 Å². The number of halogens is 2. The van der Waals surface area contributed by atoms with E-state index in [2.05, 4.69) is 25.6 Å². The minimum Gasteiger partial charge on any atom is -0.494 e. The first-order chi connectivity index (χ1) is 33.6. The number of carbonyl (C=O) groups excluding carboxylic acids is 4. The number of methoxy groups -OCH3 is 1. The van der Waals surface area contributed by atoms with Crippen LogP contribution in [0.2, 0.25) is 5.02 Å². The van der Waals surface area contributed by atoms with Gasteiger partial charge in [0, 0.05) is 80.3 Å². The molecule has 1 unspecified atom stereocenters. The number of aromatic carboxylic acids is 1. The highest BCUT2D eigenvalue weighted by atomic mass is 35.5. The van der Waals surface area contributed by atoms with Gasteiger partial charge in [0.15, 0.2) is 0 Å². The number of rotatable bonds is 15. The van der Waals surface area contributed by atoms with Gasteiger partial charge in [0.25, 0.3) is 5.91 Å². The Balaban J connectivity index is 0.930. The largest absolute Gasteiger partial charge is 0.494 e. The van der Waals surface area contributed by atoms with Crippen molar-refractivity contribution in [2.45, 2.75) is 65.6 Å². The highest BCUT2D eigenvalue weighted by Crippen LogP contribution is 2.42. The van der Waals surface area contributed by atoms with Crippen molar-refractivity contribution in [3.63, 3.8) is 0 Å². The van der Waals surface area contributed by atoms with Crippen LogP contribution in [0.25, 0.3) is 43.8 Å². The molecule has 0 bridgehead atoms. The number of benzene rings is 4. The third-order valence-corrected chi connectivity index (χ3v) is 13.9. The molecule has 0 spiro atoms. The van der Waals surface area contributed by atoms with Crippen LogP contribution in [0.5, 0.6) is 11.5 Å². The Labute approximate surface area is 407 Å². The van der Waals surface area contributed by atoms with E-state index in [1.807, 2.05) is 55.8 Å². The van der Waals surface area contributed by atoms with E-state index < -0.39 is 29.7 Å². The van der Waals surface area contributed by atoms with Crippen molar-refractivity contribution < 1.29 is 42.9 Å². The number of piperidine rings is 1. The van der Waals surface area contributed by atoms with Crippen LogP contribution in [-0.2, 0) is 40.9 Å². The van der Waals surface area contributed by atoms with Crippen LogP contribution in [0, 0.1) is 26.6 Å². The molecule has 2 aliphatic rings. The summed E-state index contributed by atoms with van der Waals surface area (Å²) in [6, 6.07) is 16.0. The second-order valence-corrected chi connectivity index (χ2v) is 18.2. The zero-order valence-corrected chi connectivity index (χ0v) is 40.3. The van der Waals surface area contributed by atoms with Gasteiger partial charge < -0.3 is 33.9 Å². The average Bonchev–Trinajstić information content (AvgIpc) is 3.93. The second kappa shape index (κ2) is 19.6. The summed E-state index contributed by atoms with van der Waals surface area (Å²) in [4.78, 5) is 73.7. The number of carbonyl (C=O) groups is 5. The quantitative estimate of drug-likeness (QED) is 0.0765. The predicted molar refractivity (Wildman–Crippen MR) is 261 cm³/mol. The minimum atomic E-state index is -1.07. The maximum atomic E-state index is 14.0. The molecule has 3 N–H and O–H groups in total. The number of carboxylic acids is 1. The molecular weight excluding hydrogens is 921 g/mol. The standard InChI is InChI=1S/C51H53ClFN9O8/c1-28-43(29(2)58(4)57-28)44-37(52)15-13-35-34(9-7-25-70-39-10-6-8-31-26-32(53)11-12-33(31)39)47(51(67)68)61(46(35)44)24-21-59-19-22-60(23-20-59)42(64)27-62-30(3)54-45-36(14-17-40(69-5)48(45)62)49(65)55-38-16-18-41(63)56-50(38)66/h6,8,10-15,17,26,38H,7,9,16,18-25,27H2,1-5H3,(H,55,65)(H,67,68)(H,56,63,66). The number of piperazine rings is 1. The zero-order valence-electron chi connectivity index (χ0n) is 39.5. The van der Waals surface area contributed by atoms with Gasteiger partial charge in [-0.2, -0.15) is 5.10 Å². The Morgan fingerprint density at radius 3 is 2.41 bits per heavy atom. The lowest BCUT2D eigenvalue weighted by Gasteiger charge is -2.35. The van der Waals surface area contributed by atoms with Gasteiger partial charge in [0.05, 0.1) is 35.5 Å². The first kappa shape index (κ1) is 47.7. The van der Waals surface area contributed by atoms with E-state index in [1.54, 1.807) is 39.3 Å². The lowest BCUT2D eigenvalue weighted by molar-refractivity contribution is -0.135. The smallest absolute Gasteiger partial charge is 0.352 e. The van der Waals surface area contributed by atoms with Gasteiger partial charge in [-0.1, -0.05) is 29.8 Å². The number of nitrogens with zero attached hydrogens (tertiary/aromatic N) is 7. The minimum absolute atomic E-state index is 0.0688. The molecule has 7 aromatic rings. The van der Waals surface area contributed by atoms with Crippen LogP contribution < -0.4 is 20.1 Å². The van der Waals surface area contributed by atoms with Crippen LogP contribution >= 0.6 is 11.6 Å². The van der Waals surface area contributed by atoms with E-state index in [4.69, 9.17) is 21.1 Å². The van der Waals surface area contributed by atoms with E-state index in [0.717, 1.165) is 33.1 Å². The van der Waals surface area contributed by atoms with Crippen LogP contribution in [0.3, 0.4) is 0 Å². The Kier molecular flexibility index (Phi) is 13.4. The maximum Gasteiger partial charge on any atom is 0.352 e. The van der Waals surface area contributed by atoms with Crippen molar-refractivity contribution in [3.8, 4) is 22.6 Å². The van der Waals surface area contributed by atoms with Crippen molar-refractivity contribution in [1.29, 1.82) is 0 Å². The van der Waals surface area contributed by atoms with E-state index >= 15 is 0 Å². The van der Waals surface area contributed by atoms with Crippen LogP contribution in [0.15, 0.2) is 60.7 Å². The molecule has 2 fully saturated rings. The summed E-state index contributed by atoms with van der Waals surface area (Å²) in [5, 5.41) is 23.4. The van der Waals surface area contributed by atoms with Gasteiger partial charge in [-0.05, 0) is 93.4 Å². The molecule has 2 saturated heterocycles. The first-order valence-corrected chi connectivity index (χ1v) is 23.6. The van der Waals surface area contributed by atoms with Crippen LogP contribution in [0.4, 0.5) is 4.39 Å². The topological polar surface area (TPSA) is 195 Å². The average molecular weight is 974 g/mol. The molecule has 4 aromatic carbocycles. The fourth-order valence-corrected chi connectivity index (χ4v) is 10.2. The van der Waals surface area contributed by atoms with Gasteiger partial charge in [-0.3, -0.25) is 34.1 Å². The molecule has 70 heavy (non-hydrogen) atoms. The Bertz CT molecular complexity index is 3260. The number of carboxylic acid groups (broad SMARTS) is 1. The number of amides is 4. The second-order valence-electron chi connectivity index (χ2n) is 17.8. The van der Waals surface area contributed by atoms with E-state index in [9.17, 15) is 33.5 Å². The van der Waals surface area contributed by atoms with Gasteiger partial charge >= 0.3 is 5.97 Å². The van der Waals surface area contributed by atoms with Crippen molar-refractivity contribution >= 4 is 73.9 Å². The molecule has 5 heterocycles. The molecule has 4 amide bonds. The van der Waals surface area contributed by atoms with Gasteiger partial charge in [0.2, 0.25) is 17.7 Å². The number of imidazole rings is 1. The summed E-state index contributed by atoms with van der Waals surface area (Å²) in [5.74, 6) is -1.54. The lowest BCUT2D eigenvalue weighted by atomic mass is 9.98. The number of aromatic nitrogens is 5. The number of aryl methyl sites for hydroxylation is 4. The number of ether oxygens (including phenoxy) is 2. The number of fused-ring (bicyclic) bond motifs is 3. The normalized spacial score (nSPS) is 15.5. The summed E-state index contributed by atoms with van der Waals surface area (Å²) < 4.78 is 31.2. The summed E-state index contributed by atoms with van der Waals surface area (Å²) in [6.45, 7) is 8.55. The molecule has 2 aliphatic heterocycles. The number of hydrogen-bond acceptors (Lipinski definition) is 10. The number of hydrogen-bond donors (Lipinski definition) is 3. The number of imide groups is 1. The molecule has 0 saturated carbocycles. The molecule has 3 aromatic heterocycles. The molecule has 9 rings (SSSR count). The Morgan fingerprint density at radius 2 is 1.70 bits per heavy atom. The monoisotopic (exact) mass is 973 g/mol. The summed E-state index contributed by atoms with van der Waals surface area (Å²) in [7, 11) is 3.36. The molecule has 1 atom stereocenters. The van der Waals surface area contributed by atoms with Gasteiger partial charge in [0.1, 0.15) is 52.5 Å². The third kappa shape index (κ3) is 9.04. The summed E-state index contributed by atoms with van der Waals surface area (Å²) in [6.07, 6.45) is 1.18. The van der Waals surface area contributed by atoms with Crippen LogP contribution in [0.1, 0.15) is 62.9 Å². The maximum absolute atomic E-state index is 14.0. The van der Waals surface area contributed by atoms with Gasteiger partial charge in [-0.25, -0.2) is 14.2 Å². The fraction of sp³-hybridized carbons (Fsp3) is 0.353. The van der Waals surface area contributed by atoms with E-state index in [0.29, 0.717) is 109 Å². The summed E-state index contributed by atoms with van der Waals surface area (Å²) >= 11 is 7.08. The highest BCUT2D eigenvalue weighted by molar-refractivity contribution is 6.35. The van der Waals surface area contributed by atoms with E-state index in [1.165, 1.54) is 19.2 Å². The molecule has 19 heteroatoms. The Morgan fingerprint density at radius 1 is 0.929 bits per heavy atom. The molecular formula is C51H53ClFN9O8. The number of nitrogens with one attached hydrogen (secondary N) is 2. The third-order valence-electron chi connectivity index (χ3n) is 13.6. The highest BCUT2D eigenvalue weighted by Gasteiger charge is 2.32. The molecule has 17 nitrogen and oxygen atoms in total. The fourth-order valence-electron chi connectivity index (χ4n) is 9.99. The molecule has 364 valence electrons. The zero-order chi connectivity index (χ0) is 49.5. The first-order valence-electron chi connectivity index (χ1n) is 23.2. The van der Waals surface area contributed by atoms with Crippen molar-refractivity contribution in [1.82, 2.24) is 44.3 Å². The van der Waals surface area contributed by atoms with E-state index in [-0.39, 0.29) is 42.4 Å².